The maximum Gasteiger partial charge on any atom is 0.434 e. The summed E-state index contributed by atoms with van der Waals surface area (Å²) >= 11 is 0.857. The smallest absolute Gasteiger partial charge is 0.338 e. The number of nitrogens with zero attached hydrogens (tertiary/aromatic N) is 4. The topological polar surface area (TPSA) is 92.7 Å². The van der Waals surface area contributed by atoms with E-state index in [4.69, 9.17) is 0 Å². The van der Waals surface area contributed by atoms with E-state index in [1.54, 1.807) is 37.5 Å². The van der Waals surface area contributed by atoms with Crippen LogP contribution < -0.4 is 10.6 Å². The average molecular weight is 444 g/mol. The minimum absolute atomic E-state index is 0.143. The maximum absolute atomic E-state index is 13.1. The first kappa shape index (κ1) is 20.7. The lowest BCUT2D eigenvalue weighted by Crippen LogP contribution is -2.28. The van der Waals surface area contributed by atoms with E-state index in [2.05, 4.69) is 30.6 Å². The fourth-order valence-electron chi connectivity index (χ4n) is 2.88. The number of aromatic nitrogens is 4. The highest BCUT2D eigenvalue weighted by Gasteiger charge is 2.34. The first-order valence-corrected chi connectivity index (χ1v) is 10.0. The lowest BCUT2D eigenvalue weighted by Gasteiger charge is -2.11. The number of anilines is 1. The largest absolute Gasteiger partial charge is 0.434 e. The molecule has 0 aliphatic rings. The van der Waals surface area contributed by atoms with E-state index in [1.807, 2.05) is 0 Å². The van der Waals surface area contributed by atoms with Crippen molar-refractivity contribution in [3.63, 3.8) is 0 Å². The summed E-state index contributed by atoms with van der Waals surface area (Å²) in [6.45, 7) is 2.17. The molecule has 0 bridgehead atoms. The van der Waals surface area contributed by atoms with Crippen LogP contribution in [0.2, 0.25) is 0 Å². The molecule has 0 atom stereocenters. The number of urea groups is 1. The van der Waals surface area contributed by atoms with Crippen molar-refractivity contribution >= 4 is 34.2 Å². The number of carbonyl (C=O) groups is 1. The van der Waals surface area contributed by atoms with Gasteiger partial charge in [0.2, 0.25) is 0 Å². The van der Waals surface area contributed by atoms with Gasteiger partial charge in [-0.05, 0) is 31.2 Å². The molecule has 31 heavy (non-hydrogen) atoms. The summed E-state index contributed by atoms with van der Waals surface area (Å²) < 4.78 is 39.3. The van der Waals surface area contributed by atoms with Crippen molar-refractivity contribution < 1.29 is 18.0 Å². The van der Waals surface area contributed by atoms with Gasteiger partial charge in [-0.15, -0.1) is 11.3 Å². The highest BCUT2D eigenvalue weighted by Crippen LogP contribution is 2.38. The number of amides is 2. The summed E-state index contributed by atoms with van der Waals surface area (Å²) in [6, 6.07) is 6.36. The normalized spacial score (nSPS) is 11.5. The summed E-state index contributed by atoms with van der Waals surface area (Å²) in [5.74, 6) is 0.181. The molecule has 2 amide bonds. The van der Waals surface area contributed by atoms with E-state index in [0.717, 1.165) is 16.7 Å². The first-order valence-electron chi connectivity index (χ1n) is 9.14. The molecule has 4 aromatic heterocycles. The molecule has 2 N–H and O–H groups in total. The fourth-order valence-corrected chi connectivity index (χ4v) is 3.74. The number of carbonyl (C=O) groups excluding carboxylic acids is 1. The summed E-state index contributed by atoms with van der Waals surface area (Å²) in [4.78, 5) is 28.5. The highest BCUT2D eigenvalue weighted by molar-refractivity contribution is 7.13. The third-order valence-electron chi connectivity index (χ3n) is 4.27. The zero-order valence-corrected chi connectivity index (χ0v) is 16.9. The summed E-state index contributed by atoms with van der Waals surface area (Å²) in [7, 11) is 0. The molecule has 0 aliphatic carbocycles. The Morgan fingerprint density at radius 3 is 2.68 bits per heavy atom. The lowest BCUT2D eigenvalue weighted by molar-refractivity contribution is -0.140. The molecule has 0 saturated heterocycles. The Morgan fingerprint density at radius 2 is 1.94 bits per heavy atom. The van der Waals surface area contributed by atoms with Crippen LogP contribution >= 0.6 is 11.3 Å². The number of nitrogens with one attached hydrogen (secondary N) is 2. The maximum atomic E-state index is 13.1. The van der Waals surface area contributed by atoms with Gasteiger partial charge in [0, 0.05) is 47.2 Å². The third-order valence-corrected chi connectivity index (χ3v) is 5.15. The van der Waals surface area contributed by atoms with Crippen LogP contribution in [0.3, 0.4) is 0 Å². The summed E-state index contributed by atoms with van der Waals surface area (Å²) in [6.07, 6.45) is 0.137. The molecule has 0 aromatic carbocycles. The standard InChI is InChI=1S/C20H15F3N6OS/c1-2-24-19(30)29-17-7-12(18-28-16(10-31-18)20(21,22)23)13(9-27-17)11-6-15-14(26-8-11)4-3-5-25-15/h3-10H,2H2,1H3,(H2,24,27,29,30). The Labute approximate surface area is 178 Å². The van der Waals surface area contributed by atoms with E-state index in [1.165, 1.54) is 12.3 Å². The Kier molecular flexibility index (Phi) is 5.51. The Morgan fingerprint density at radius 1 is 1.10 bits per heavy atom. The van der Waals surface area contributed by atoms with Gasteiger partial charge in [0.25, 0.3) is 0 Å². The van der Waals surface area contributed by atoms with Gasteiger partial charge in [-0.25, -0.2) is 14.8 Å². The number of hydrogen-bond acceptors (Lipinski definition) is 6. The predicted octanol–water partition coefficient (Wildman–Crippen LogP) is 4.98. The Balaban J connectivity index is 1.83. The predicted molar refractivity (Wildman–Crippen MR) is 112 cm³/mol. The number of alkyl halides is 3. The molecule has 0 radical (unpaired) electrons. The molecule has 7 nitrogen and oxygen atoms in total. The van der Waals surface area contributed by atoms with Crippen molar-refractivity contribution in [1.29, 1.82) is 0 Å². The molecule has 0 spiro atoms. The van der Waals surface area contributed by atoms with E-state index in [0.29, 0.717) is 34.3 Å². The lowest BCUT2D eigenvalue weighted by atomic mass is 10.0. The molecule has 158 valence electrons. The molecule has 0 fully saturated rings. The quantitative estimate of drug-likeness (QED) is 0.463. The van der Waals surface area contributed by atoms with Gasteiger partial charge in [-0.2, -0.15) is 13.2 Å². The van der Waals surface area contributed by atoms with Crippen molar-refractivity contribution in [2.45, 2.75) is 13.1 Å². The minimum Gasteiger partial charge on any atom is -0.338 e. The summed E-state index contributed by atoms with van der Waals surface area (Å²) in [5.41, 5.74) is 1.85. The zero-order valence-electron chi connectivity index (χ0n) is 16.1. The van der Waals surface area contributed by atoms with E-state index >= 15 is 0 Å². The van der Waals surface area contributed by atoms with Gasteiger partial charge in [0.1, 0.15) is 10.8 Å². The van der Waals surface area contributed by atoms with E-state index in [9.17, 15) is 18.0 Å². The molecule has 0 aliphatic heterocycles. The van der Waals surface area contributed by atoms with Crippen LogP contribution in [0, 0.1) is 0 Å². The number of thiazole rings is 1. The van der Waals surface area contributed by atoms with Gasteiger partial charge in [-0.3, -0.25) is 15.3 Å². The molecule has 11 heteroatoms. The molecule has 4 rings (SSSR count). The van der Waals surface area contributed by atoms with Gasteiger partial charge in [-0.1, -0.05) is 0 Å². The van der Waals surface area contributed by atoms with Crippen LogP contribution in [-0.4, -0.2) is 32.5 Å². The van der Waals surface area contributed by atoms with Crippen molar-refractivity contribution in [2.75, 3.05) is 11.9 Å². The average Bonchev–Trinajstić information content (AvgIpc) is 3.24. The minimum atomic E-state index is -4.56. The highest BCUT2D eigenvalue weighted by atomic mass is 32.1. The van der Waals surface area contributed by atoms with Gasteiger partial charge < -0.3 is 5.32 Å². The first-order chi connectivity index (χ1) is 14.8. The molecule has 0 unspecified atom stereocenters. The summed E-state index contributed by atoms with van der Waals surface area (Å²) in [5, 5.41) is 6.24. The monoisotopic (exact) mass is 444 g/mol. The Bertz CT molecular complexity index is 1260. The second kappa shape index (κ2) is 8.26. The number of fused-ring (bicyclic) bond motifs is 1. The number of halogens is 3. The van der Waals surface area contributed by atoms with Crippen molar-refractivity contribution in [3.8, 4) is 21.7 Å². The zero-order chi connectivity index (χ0) is 22.0. The molecular formula is C20H15F3N6OS. The van der Waals surface area contributed by atoms with Crippen molar-refractivity contribution in [3.05, 3.63) is 53.9 Å². The Hall–Kier alpha value is -3.60. The van der Waals surface area contributed by atoms with Gasteiger partial charge in [0.15, 0.2) is 5.69 Å². The third kappa shape index (κ3) is 4.45. The molecule has 0 saturated carbocycles. The number of hydrogen-bond donors (Lipinski definition) is 2. The van der Waals surface area contributed by atoms with Crippen LogP contribution in [-0.2, 0) is 6.18 Å². The van der Waals surface area contributed by atoms with Gasteiger partial charge in [0.05, 0.1) is 11.0 Å². The number of rotatable bonds is 4. The van der Waals surface area contributed by atoms with Crippen LogP contribution in [0.1, 0.15) is 12.6 Å². The molecular weight excluding hydrogens is 429 g/mol. The number of pyridine rings is 3. The second-order valence-electron chi connectivity index (χ2n) is 6.40. The fraction of sp³-hybridized carbons (Fsp3) is 0.150. The van der Waals surface area contributed by atoms with Crippen molar-refractivity contribution in [1.82, 2.24) is 25.3 Å². The van der Waals surface area contributed by atoms with Crippen LogP contribution in [0.5, 0.6) is 0 Å². The van der Waals surface area contributed by atoms with Crippen LogP contribution in [0.4, 0.5) is 23.8 Å². The van der Waals surface area contributed by atoms with Crippen LogP contribution in [0.15, 0.2) is 48.2 Å². The van der Waals surface area contributed by atoms with Gasteiger partial charge >= 0.3 is 12.2 Å². The second-order valence-corrected chi connectivity index (χ2v) is 7.26. The van der Waals surface area contributed by atoms with E-state index in [-0.39, 0.29) is 10.8 Å². The van der Waals surface area contributed by atoms with Crippen LogP contribution in [0.25, 0.3) is 32.7 Å². The molecule has 4 aromatic rings. The van der Waals surface area contributed by atoms with Crippen molar-refractivity contribution in [2.24, 2.45) is 0 Å². The molecule has 4 heterocycles. The van der Waals surface area contributed by atoms with E-state index < -0.39 is 17.9 Å². The SMILES string of the molecule is CCNC(=O)Nc1cc(-c2nc(C(F)(F)F)cs2)c(-c2cnc3cccnc3c2)cn1.